The summed E-state index contributed by atoms with van der Waals surface area (Å²) in [6, 6.07) is 7.02. The van der Waals surface area contributed by atoms with Crippen molar-refractivity contribution in [2.45, 2.75) is 39.2 Å². The molecule has 1 atom stereocenters. The van der Waals surface area contributed by atoms with Gasteiger partial charge in [-0.25, -0.2) is 0 Å². The van der Waals surface area contributed by atoms with Crippen molar-refractivity contribution in [2.75, 3.05) is 6.54 Å². The van der Waals surface area contributed by atoms with E-state index in [1.54, 1.807) is 0 Å². The number of fused-ring (bicyclic) bond motifs is 1. The minimum absolute atomic E-state index is 0.432. The van der Waals surface area contributed by atoms with E-state index >= 15 is 0 Å². The number of aryl methyl sites for hydroxylation is 1. The Morgan fingerprint density at radius 2 is 2.29 bits per heavy atom. The molecule has 0 saturated carbocycles. The van der Waals surface area contributed by atoms with E-state index in [1.165, 1.54) is 29.5 Å². The third-order valence-corrected chi connectivity index (χ3v) is 3.44. The van der Waals surface area contributed by atoms with Crippen LogP contribution in [0.25, 0.3) is 0 Å². The molecule has 0 heterocycles. The number of benzene rings is 1. The molecular formula is C15H22N2. The van der Waals surface area contributed by atoms with E-state index in [9.17, 15) is 0 Å². The maximum Gasteiger partial charge on any atom is 0.0917 e. The lowest BCUT2D eigenvalue weighted by atomic mass is 10.0. The van der Waals surface area contributed by atoms with Crippen LogP contribution < -0.4 is 10.6 Å². The molecule has 0 amide bonds. The largest absolute Gasteiger partial charge is 0.372 e. The van der Waals surface area contributed by atoms with Crippen LogP contribution in [0.3, 0.4) is 0 Å². The van der Waals surface area contributed by atoms with E-state index in [1.807, 2.05) is 0 Å². The molecule has 1 aromatic carbocycles. The van der Waals surface area contributed by atoms with Crippen molar-refractivity contribution in [3.05, 3.63) is 47.3 Å². The first-order valence-corrected chi connectivity index (χ1v) is 6.50. The molecule has 1 aliphatic rings. The number of hydrogen-bond donors (Lipinski definition) is 2. The lowest BCUT2D eigenvalue weighted by molar-refractivity contribution is 0.555. The summed E-state index contributed by atoms with van der Waals surface area (Å²) in [5.74, 6) is 0.950. The Bertz CT molecular complexity index is 409. The van der Waals surface area contributed by atoms with Gasteiger partial charge >= 0.3 is 0 Å². The molecule has 0 aliphatic heterocycles. The Morgan fingerprint density at radius 3 is 3.06 bits per heavy atom. The van der Waals surface area contributed by atoms with Crippen LogP contribution in [-0.2, 0) is 6.42 Å². The molecule has 0 fully saturated rings. The standard InChI is InChI=1S/C15H22N2/c1-4-10-16-12(3)17-15-9-8-13-11(2)6-5-7-14(13)15/h5-7,15-17H,3-4,8-10H2,1-2H3. The van der Waals surface area contributed by atoms with E-state index < -0.39 is 0 Å². The second-order valence-electron chi connectivity index (χ2n) is 4.78. The van der Waals surface area contributed by atoms with Crippen molar-refractivity contribution in [1.29, 1.82) is 0 Å². The van der Waals surface area contributed by atoms with E-state index in [0.717, 1.165) is 18.8 Å². The van der Waals surface area contributed by atoms with Crippen molar-refractivity contribution in [2.24, 2.45) is 0 Å². The van der Waals surface area contributed by atoms with E-state index in [4.69, 9.17) is 0 Å². The number of rotatable bonds is 5. The van der Waals surface area contributed by atoms with Gasteiger partial charge in [-0.2, -0.15) is 0 Å². The average molecular weight is 230 g/mol. The zero-order valence-corrected chi connectivity index (χ0v) is 10.8. The van der Waals surface area contributed by atoms with Crippen LogP contribution in [0, 0.1) is 6.92 Å². The molecule has 2 heteroatoms. The van der Waals surface area contributed by atoms with Crippen LogP contribution in [0.4, 0.5) is 0 Å². The summed E-state index contributed by atoms with van der Waals surface area (Å²) in [6.45, 7) is 9.38. The molecule has 0 spiro atoms. The fourth-order valence-electron chi connectivity index (χ4n) is 2.52. The predicted molar refractivity (Wildman–Crippen MR) is 72.8 cm³/mol. The molecule has 0 radical (unpaired) electrons. The average Bonchev–Trinajstić information content (AvgIpc) is 2.71. The Balaban J connectivity index is 2.02. The minimum Gasteiger partial charge on any atom is -0.372 e. The normalized spacial score (nSPS) is 17.6. The van der Waals surface area contributed by atoms with Gasteiger partial charge in [-0.1, -0.05) is 31.7 Å². The Hall–Kier alpha value is -1.44. The fraction of sp³-hybridized carbons (Fsp3) is 0.467. The van der Waals surface area contributed by atoms with Crippen molar-refractivity contribution in [3.8, 4) is 0 Å². The monoisotopic (exact) mass is 230 g/mol. The van der Waals surface area contributed by atoms with Gasteiger partial charge in [-0.15, -0.1) is 0 Å². The molecule has 0 saturated heterocycles. The highest BCUT2D eigenvalue weighted by Crippen LogP contribution is 2.33. The van der Waals surface area contributed by atoms with E-state index in [0.29, 0.717) is 6.04 Å². The smallest absolute Gasteiger partial charge is 0.0917 e. The summed E-state index contributed by atoms with van der Waals surface area (Å²) in [6.07, 6.45) is 3.48. The second kappa shape index (κ2) is 5.26. The third kappa shape index (κ3) is 2.63. The molecule has 92 valence electrons. The lowest BCUT2D eigenvalue weighted by Gasteiger charge is -2.18. The first-order valence-electron chi connectivity index (χ1n) is 6.50. The van der Waals surface area contributed by atoms with E-state index in [-0.39, 0.29) is 0 Å². The molecule has 1 aromatic rings. The zero-order valence-electron chi connectivity index (χ0n) is 10.8. The zero-order chi connectivity index (χ0) is 12.3. The van der Waals surface area contributed by atoms with Crippen LogP contribution in [0.2, 0.25) is 0 Å². The summed E-state index contributed by atoms with van der Waals surface area (Å²) < 4.78 is 0. The van der Waals surface area contributed by atoms with Gasteiger partial charge in [0.1, 0.15) is 0 Å². The molecule has 2 rings (SSSR count). The van der Waals surface area contributed by atoms with Crippen LogP contribution >= 0.6 is 0 Å². The van der Waals surface area contributed by atoms with Gasteiger partial charge in [0.2, 0.25) is 0 Å². The van der Waals surface area contributed by atoms with Gasteiger partial charge in [0.15, 0.2) is 0 Å². The molecule has 17 heavy (non-hydrogen) atoms. The second-order valence-corrected chi connectivity index (χ2v) is 4.78. The Morgan fingerprint density at radius 1 is 1.47 bits per heavy atom. The summed E-state index contributed by atoms with van der Waals surface area (Å²) in [5.41, 5.74) is 4.39. The minimum atomic E-state index is 0.432. The highest BCUT2D eigenvalue weighted by atomic mass is 15.1. The molecule has 0 aromatic heterocycles. The Kier molecular flexibility index (Phi) is 3.72. The van der Waals surface area contributed by atoms with Gasteiger partial charge < -0.3 is 10.6 Å². The van der Waals surface area contributed by atoms with Crippen molar-refractivity contribution in [3.63, 3.8) is 0 Å². The molecule has 1 aliphatic carbocycles. The summed E-state index contributed by atoms with van der Waals surface area (Å²) in [7, 11) is 0. The number of nitrogens with one attached hydrogen (secondary N) is 2. The quantitative estimate of drug-likeness (QED) is 0.812. The summed E-state index contributed by atoms with van der Waals surface area (Å²) >= 11 is 0. The van der Waals surface area contributed by atoms with Crippen LogP contribution in [0.15, 0.2) is 30.6 Å². The van der Waals surface area contributed by atoms with Crippen LogP contribution in [0.5, 0.6) is 0 Å². The van der Waals surface area contributed by atoms with E-state index in [2.05, 4.69) is 49.3 Å². The highest BCUT2D eigenvalue weighted by Gasteiger charge is 2.23. The SMILES string of the molecule is C=C(NCCC)NC1CCc2c(C)cccc21. The van der Waals surface area contributed by atoms with Crippen LogP contribution in [-0.4, -0.2) is 6.54 Å². The Labute approximate surface area is 104 Å². The summed E-state index contributed by atoms with van der Waals surface area (Å²) in [5, 5.41) is 6.79. The molecular weight excluding hydrogens is 208 g/mol. The molecule has 1 unspecified atom stereocenters. The lowest BCUT2D eigenvalue weighted by Crippen LogP contribution is -2.28. The van der Waals surface area contributed by atoms with Gasteiger partial charge in [0, 0.05) is 6.54 Å². The van der Waals surface area contributed by atoms with Gasteiger partial charge in [-0.05, 0) is 42.9 Å². The molecule has 0 bridgehead atoms. The van der Waals surface area contributed by atoms with Crippen molar-refractivity contribution < 1.29 is 0 Å². The van der Waals surface area contributed by atoms with Gasteiger partial charge in [0.05, 0.1) is 11.9 Å². The maximum absolute atomic E-state index is 4.03. The van der Waals surface area contributed by atoms with Crippen molar-refractivity contribution in [1.82, 2.24) is 10.6 Å². The summed E-state index contributed by atoms with van der Waals surface area (Å²) in [4.78, 5) is 0. The first kappa shape index (κ1) is 12.0. The maximum atomic E-state index is 4.03. The topological polar surface area (TPSA) is 24.1 Å². The van der Waals surface area contributed by atoms with Gasteiger partial charge in [0.25, 0.3) is 0 Å². The van der Waals surface area contributed by atoms with Gasteiger partial charge in [-0.3, -0.25) is 0 Å². The highest BCUT2D eigenvalue weighted by molar-refractivity contribution is 5.40. The third-order valence-electron chi connectivity index (χ3n) is 3.44. The predicted octanol–water partition coefficient (Wildman–Crippen LogP) is 3.04. The molecule has 2 N–H and O–H groups in total. The fourth-order valence-corrected chi connectivity index (χ4v) is 2.52. The van der Waals surface area contributed by atoms with Crippen molar-refractivity contribution >= 4 is 0 Å². The van der Waals surface area contributed by atoms with Crippen LogP contribution in [0.1, 0.15) is 42.5 Å². The number of hydrogen-bond acceptors (Lipinski definition) is 2. The first-order chi connectivity index (χ1) is 8.22. The molecule has 2 nitrogen and oxygen atoms in total.